The minimum absolute atomic E-state index is 0.108. The highest BCUT2D eigenvalue weighted by Gasteiger charge is 2.08. The van der Waals surface area contributed by atoms with E-state index in [1.54, 1.807) is 72.4 Å². The fourth-order valence-electron chi connectivity index (χ4n) is 3.61. The predicted octanol–water partition coefficient (Wildman–Crippen LogP) is 10.1. The summed E-state index contributed by atoms with van der Waals surface area (Å²) in [5.74, 6) is 0.0847. The summed E-state index contributed by atoms with van der Waals surface area (Å²) in [6.07, 6.45) is 0.462. The van der Waals surface area contributed by atoms with Gasteiger partial charge in [-0.2, -0.15) is 0 Å². The first-order valence-corrected chi connectivity index (χ1v) is 18.2. The maximum absolute atomic E-state index is 12.0. The van der Waals surface area contributed by atoms with Gasteiger partial charge in [0.25, 0.3) is 0 Å². The summed E-state index contributed by atoms with van der Waals surface area (Å²) in [4.78, 5) is 47.4. The van der Waals surface area contributed by atoms with Gasteiger partial charge in [-0.05, 0) is 84.9 Å². The van der Waals surface area contributed by atoms with Crippen molar-refractivity contribution in [1.29, 1.82) is 0 Å². The van der Waals surface area contributed by atoms with Gasteiger partial charge in [0.15, 0.2) is 0 Å². The lowest BCUT2D eigenvalue weighted by Gasteiger charge is -2.09. The lowest BCUT2D eigenvalue weighted by Crippen LogP contribution is -2.19. The Labute approximate surface area is 323 Å². The average Bonchev–Trinajstić information content (AvgIpc) is 3.10. The van der Waals surface area contributed by atoms with E-state index in [4.69, 9.17) is 56.6 Å². The Bertz CT molecular complexity index is 1750. The van der Waals surface area contributed by atoms with E-state index in [-0.39, 0.29) is 18.4 Å². The number of carbonyl (C=O) groups is 4. The molecule has 0 saturated carbocycles. The number of rotatable bonds is 12. The van der Waals surface area contributed by atoms with Gasteiger partial charge in [-0.15, -0.1) is 23.5 Å². The smallest absolute Gasteiger partial charge is 0.323 e. The van der Waals surface area contributed by atoms with Crippen molar-refractivity contribution < 1.29 is 34.1 Å². The number of aliphatic hydroxyl groups is 1. The van der Waals surface area contributed by atoms with Crippen LogP contribution in [0.15, 0.2) is 94.7 Å². The molecule has 0 radical (unpaired) electrons. The summed E-state index contributed by atoms with van der Waals surface area (Å²) in [5, 5.41) is 27.9. The highest BCUT2D eigenvalue weighted by Crippen LogP contribution is 2.27. The number of esters is 1. The van der Waals surface area contributed by atoms with Gasteiger partial charge in [0.2, 0.25) is 0 Å². The van der Waals surface area contributed by atoms with Crippen LogP contribution in [-0.2, 0) is 14.3 Å². The fourth-order valence-corrected chi connectivity index (χ4v) is 5.88. The number of methoxy groups -OCH3 is 1. The molecule has 0 heterocycles. The molecule has 0 aliphatic carbocycles. The number of urea groups is 2. The lowest BCUT2D eigenvalue weighted by atomic mass is 10.3. The van der Waals surface area contributed by atoms with Crippen LogP contribution in [0.2, 0.25) is 20.1 Å². The number of benzene rings is 4. The van der Waals surface area contributed by atoms with E-state index in [1.165, 1.54) is 18.9 Å². The maximum Gasteiger partial charge on any atom is 0.323 e. The summed E-state index contributed by atoms with van der Waals surface area (Å²) < 4.78 is 4.59. The van der Waals surface area contributed by atoms with Crippen LogP contribution in [0.25, 0.3) is 0 Å². The van der Waals surface area contributed by atoms with Crippen molar-refractivity contribution in [1.82, 2.24) is 0 Å². The van der Waals surface area contributed by atoms with Gasteiger partial charge in [-0.3, -0.25) is 9.59 Å². The number of ether oxygens (including phenoxy) is 1. The second-order valence-corrected chi connectivity index (χ2v) is 13.6. The molecule has 0 fully saturated rings. The molecular formula is C34H34Cl4N4O7S2. The molecular weight excluding hydrogens is 782 g/mol. The highest BCUT2D eigenvalue weighted by atomic mass is 35.5. The number of carboxylic acid groups (broad SMARTS) is 1. The van der Waals surface area contributed by atoms with Crippen LogP contribution in [0.5, 0.6) is 0 Å². The molecule has 0 aliphatic rings. The van der Waals surface area contributed by atoms with Gasteiger partial charge in [-0.25, -0.2) is 9.59 Å². The third-order valence-corrected chi connectivity index (χ3v) is 9.47. The quantitative estimate of drug-likeness (QED) is 0.0603. The van der Waals surface area contributed by atoms with Gasteiger partial charge in [0, 0.05) is 51.2 Å². The molecule has 4 amide bonds. The largest absolute Gasteiger partial charge is 0.481 e. The molecule has 4 rings (SSSR count). The lowest BCUT2D eigenvalue weighted by molar-refractivity contribution is -0.140. The Kier molecular flexibility index (Phi) is 20.1. The molecule has 0 atom stereocenters. The van der Waals surface area contributed by atoms with Gasteiger partial charge < -0.3 is 36.2 Å². The Morgan fingerprint density at radius 1 is 0.569 bits per heavy atom. The van der Waals surface area contributed by atoms with Crippen LogP contribution in [0, 0.1) is 0 Å². The fraction of sp³-hybridized carbons (Fsp3) is 0.176. The molecule has 17 heteroatoms. The number of carboxylic acids is 1. The predicted molar refractivity (Wildman–Crippen MR) is 210 cm³/mol. The normalized spacial score (nSPS) is 9.94. The molecule has 51 heavy (non-hydrogen) atoms. The molecule has 6 N–H and O–H groups in total. The van der Waals surface area contributed by atoms with Gasteiger partial charge in [0.1, 0.15) is 0 Å². The van der Waals surface area contributed by atoms with Crippen LogP contribution in [0.4, 0.5) is 32.3 Å². The average molecular weight is 817 g/mol. The zero-order valence-corrected chi connectivity index (χ0v) is 31.8. The van der Waals surface area contributed by atoms with E-state index < -0.39 is 12.0 Å². The number of aliphatic carboxylic acids is 1. The summed E-state index contributed by atoms with van der Waals surface area (Å²) in [5.41, 5.74) is 2.34. The first kappa shape index (κ1) is 43.3. The molecule has 0 unspecified atom stereocenters. The van der Waals surface area contributed by atoms with Gasteiger partial charge in [0.05, 0.1) is 40.0 Å². The Morgan fingerprint density at radius 2 is 0.922 bits per heavy atom. The number of amides is 4. The molecule has 0 saturated heterocycles. The number of hydrogen-bond acceptors (Lipinski definition) is 8. The number of hydrogen-bond donors (Lipinski definition) is 6. The Morgan fingerprint density at radius 3 is 1.27 bits per heavy atom. The second kappa shape index (κ2) is 23.6. The van der Waals surface area contributed by atoms with Crippen LogP contribution in [-0.4, -0.2) is 59.9 Å². The van der Waals surface area contributed by atoms with Crippen LogP contribution < -0.4 is 21.3 Å². The zero-order chi connectivity index (χ0) is 37.8. The number of thioether (sulfide) groups is 2. The summed E-state index contributed by atoms with van der Waals surface area (Å²) in [6, 6.07) is 23.3. The number of carbonyl (C=O) groups excluding carboxylic acids is 3. The summed E-state index contributed by atoms with van der Waals surface area (Å²) >= 11 is 26.4. The molecule has 4 aromatic rings. The zero-order valence-electron chi connectivity index (χ0n) is 27.2. The monoisotopic (exact) mass is 814 g/mol. The van der Waals surface area contributed by atoms with Crippen LogP contribution in [0.1, 0.15) is 12.8 Å². The minimum atomic E-state index is -0.820. The Hall–Kier alpha value is -3.82. The number of aliphatic hydroxyl groups excluding tert-OH is 1. The molecule has 272 valence electrons. The molecule has 0 bridgehead atoms. The summed E-state index contributed by atoms with van der Waals surface area (Å²) in [6.45, 7) is 0. The first-order chi connectivity index (χ1) is 24.4. The Balaban J connectivity index is 0.000000337. The van der Waals surface area contributed by atoms with Crippen molar-refractivity contribution in [3.8, 4) is 0 Å². The third kappa shape index (κ3) is 17.3. The standard InChI is InChI=1S/C17H16Cl2N2O3S.C16H14Cl2N2O3S.CH4O/c1-24-16(22)8-9-25-13-5-2-11(3-6-13)20-17(23)21-12-4-7-14(18)15(19)10-12;17-13-6-3-11(9-14(13)18)20-16(23)19-10-1-4-12(5-2-10)24-8-7-15(21)22;1-2/h2-7,10H,8-9H2,1H3,(H2,20,21,23);1-6,9H,7-8H2,(H,21,22)(H2,19,20,23);2H,1H3. The first-order valence-electron chi connectivity index (χ1n) is 14.7. The van der Waals surface area contributed by atoms with Crippen molar-refractivity contribution in [3.63, 3.8) is 0 Å². The van der Waals surface area contributed by atoms with Crippen LogP contribution in [0.3, 0.4) is 0 Å². The molecule has 0 aliphatic heterocycles. The van der Waals surface area contributed by atoms with E-state index in [1.807, 2.05) is 24.3 Å². The molecule has 4 aromatic carbocycles. The third-order valence-electron chi connectivity index (χ3n) is 5.97. The second-order valence-electron chi connectivity index (χ2n) is 9.63. The molecule has 11 nitrogen and oxygen atoms in total. The van der Waals surface area contributed by atoms with E-state index in [2.05, 4.69) is 26.0 Å². The van der Waals surface area contributed by atoms with Crippen molar-refractivity contribution in [2.75, 3.05) is 47.0 Å². The summed E-state index contributed by atoms with van der Waals surface area (Å²) in [7, 11) is 2.37. The van der Waals surface area contributed by atoms with E-state index in [0.29, 0.717) is 60.8 Å². The highest BCUT2D eigenvalue weighted by molar-refractivity contribution is 7.99. The maximum atomic E-state index is 12.0. The molecule has 0 spiro atoms. The van der Waals surface area contributed by atoms with E-state index >= 15 is 0 Å². The number of anilines is 4. The molecule has 0 aromatic heterocycles. The van der Waals surface area contributed by atoms with E-state index in [9.17, 15) is 19.2 Å². The van der Waals surface area contributed by atoms with Crippen molar-refractivity contribution >= 4 is 117 Å². The van der Waals surface area contributed by atoms with Crippen molar-refractivity contribution in [3.05, 3.63) is 105 Å². The van der Waals surface area contributed by atoms with Crippen molar-refractivity contribution in [2.24, 2.45) is 0 Å². The number of nitrogens with one attached hydrogen (secondary N) is 4. The van der Waals surface area contributed by atoms with E-state index in [0.717, 1.165) is 16.9 Å². The number of halogens is 4. The van der Waals surface area contributed by atoms with Gasteiger partial charge in [-0.1, -0.05) is 46.4 Å². The van der Waals surface area contributed by atoms with Gasteiger partial charge >= 0.3 is 24.0 Å². The minimum Gasteiger partial charge on any atom is -0.481 e. The SMILES string of the molecule is CO.COC(=O)CCSc1ccc(NC(=O)Nc2ccc(Cl)c(Cl)c2)cc1.O=C(O)CCSc1ccc(NC(=O)Nc2ccc(Cl)c(Cl)c2)cc1. The van der Waals surface area contributed by atoms with Crippen LogP contribution >= 0.6 is 69.9 Å². The topological polar surface area (TPSA) is 166 Å². The van der Waals surface area contributed by atoms with Crippen molar-refractivity contribution in [2.45, 2.75) is 22.6 Å².